The Bertz CT molecular complexity index is 1680. The number of aromatic nitrogens is 2. The molecule has 3 aromatic rings. The minimum Gasteiger partial charge on any atom is -0.480 e. The zero-order valence-corrected chi connectivity index (χ0v) is 30.8. The summed E-state index contributed by atoms with van der Waals surface area (Å²) in [5.41, 5.74) is 4.06. The van der Waals surface area contributed by atoms with Crippen LogP contribution in [0, 0.1) is 17.8 Å². The van der Waals surface area contributed by atoms with Gasteiger partial charge in [0.1, 0.15) is 12.1 Å². The van der Waals surface area contributed by atoms with Crippen LogP contribution in [0.4, 0.5) is 0 Å². The zero-order chi connectivity index (χ0) is 35.4. The largest absolute Gasteiger partial charge is 0.480 e. The van der Waals surface area contributed by atoms with E-state index >= 15 is 0 Å². The van der Waals surface area contributed by atoms with Crippen LogP contribution in [0.1, 0.15) is 118 Å². The third-order valence-electron chi connectivity index (χ3n) is 11.3. The highest BCUT2D eigenvalue weighted by Gasteiger charge is 2.38. The number of benzene rings is 1. The molecule has 2 amide bonds. The number of nitrogens with one attached hydrogen (secondary N) is 1. The third-order valence-corrected chi connectivity index (χ3v) is 12.8. The number of carboxylic acids is 1. The van der Waals surface area contributed by atoms with Crippen molar-refractivity contribution < 1.29 is 19.5 Å². The first-order valence-corrected chi connectivity index (χ1v) is 19.4. The summed E-state index contributed by atoms with van der Waals surface area (Å²) >= 11 is 1.41. The molecule has 1 aliphatic heterocycles. The van der Waals surface area contributed by atoms with Gasteiger partial charge in [-0.15, -0.1) is 11.3 Å². The lowest BCUT2D eigenvalue weighted by molar-refractivity contribution is -0.148. The average molecular weight is 697 g/mol. The van der Waals surface area contributed by atoms with E-state index in [-0.39, 0.29) is 23.7 Å². The van der Waals surface area contributed by atoms with Crippen LogP contribution in [0.15, 0.2) is 54.9 Å². The van der Waals surface area contributed by atoms with Crippen LogP contribution in [0.25, 0.3) is 17.0 Å². The molecule has 2 aliphatic carbocycles. The highest BCUT2D eigenvalue weighted by Crippen LogP contribution is 2.41. The third kappa shape index (κ3) is 8.36. The van der Waals surface area contributed by atoms with Gasteiger partial charge in [-0.1, -0.05) is 77.3 Å². The molecule has 0 spiro atoms. The molecular formula is C41H52N4O4S. The summed E-state index contributed by atoms with van der Waals surface area (Å²) in [6.45, 7) is 8.97. The molecule has 6 rings (SSSR count). The van der Waals surface area contributed by atoms with Gasteiger partial charge in [-0.05, 0) is 91.4 Å². The lowest BCUT2D eigenvalue weighted by Crippen LogP contribution is -2.52. The van der Waals surface area contributed by atoms with Crippen LogP contribution >= 0.6 is 11.3 Å². The molecule has 50 heavy (non-hydrogen) atoms. The molecule has 3 aliphatic rings. The Labute approximate surface area is 300 Å². The summed E-state index contributed by atoms with van der Waals surface area (Å²) in [6, 6.07) is 9.70. The van der Waals surface area contributed by atoms with E-state index in [4.69, 9.17) is 9.97 Å². The van der Waals surface area contributed by atoms with Crippen LogP contribution in [0.5, 0.6) is 0 Å². The number of amides is 2. The van der Waals surface area contributed by atoms with Gasteiger partial charge in [0, 0.05) is 41.4 Å². The number of allylic oxidation sites excluding steroid dienone is 2. The molecule has 2 aromatic heterocycles. The number of carbonyl (C=O) groups is 3. The molecule has 8 nitrogen and oxygen atoms in total. The first kappa shape index (κ1) is 36.0. The molecule has 1 saturated carbocycles. The van der Waals surface area contributed by atoms with Gasteiger partial charge in [0.25, 0.3) is 5.91 Å². The Morgan fingerprint density at radius 1 is 0.940 bits per heavy atom. The average Bonchev–Trinajstić information content (AvgIpc) is 3.83. The second kappa shape index (κ2) is 15.6. The predicted octanol–water partition coefficient (Wildman–Crippen LogP) is 8.32. The Kier molecular flexibility index (Phi) is 11.2. The number of hydrogen-bond donors (Lipinski definition) is 2. The van der Waals surface area contributed by atoms with Crippen LogP contribution in [0.3, 0.4) is 0 Å². The Morgan fingerprint density at radius 3 is 2.26 bits per heavy atom. The maximum Gasteiger partial charge on any atom is 0.326 e. The first-order chi connectivity index (χ1) is 24.0. The van der Waals surface area contributed by atoms with Gasteiger partial charge in [-0.25, -0.2) is 14.8 Å². The topological polar surface area (TPSA) is 112 Å². The first-order valence-electron chi connectivity index (χ1n) is 18.6. The van der Waals surface area contributed by atoms with Crippen molar-refractivity contribution in [3.63, 3.8) is 0 Å². The van der Waals surface area contributed by atoms with E-state index in [0.29, 0.717) is 30.1 Å². The molecule has 3 heterocycles. The summed E-state index contributed by atoms with van der Waals surface area (Å²) in [5, 5.41) is 12.7. The van der Waals surface area contributed by atoms with E-state index in [1.165, 1.54) is 60.3 Å². The molecule has 2 N–H and O–H groups in total. The molecule has 1 unspecified atom stereocenters. The van der Waals surface area contributed by atoms with Gasteiger partial charge in [0.05, 0.1) is 4.88 Å². The Hall–Kier alpha value is -3.85. The van der Waals surface area contributed by atoms with Crippen LogP contribution in [-0.4, -0.2) is 56.4 Å². The zero-order valence-electron chi connectivity index (χ0n) is 30.0. The van der Waals surface area contributed by atoms with Crippen molar-refractivity contribution in [2.75, 3.05) is 6.54 Å². The number of carbonyl (C=O) groups excluding carboxylic acids is 2. The maximum atomic E-state index is 13.8. The van der Waals surface area contributed by atoms with E-state index in [1.807, 2.05) is 42.7 Å². The molecule has 9 heteroatoms. The fourth-order valence-electron chi connectivity index (χ4n) is 8.06. The monoisotopic (exact) mass is 696 g/mol. The SMILES string of the molecule is CCC1CCC(C2CC=C(c3cnc(-c4ccc(C[C@H](NC(=O)c5ccc(C(C)(C)C)s5)C(=O)N5CCC[C@H]5C(=O)O)cc4)nc3)CC2)CC1. The van der Waals surface area contributed by atoms with Gasteiger partial charge in [-0.2, -0.15) is 0 Å². The van der Waals surface area contributed by atoms with E-state index in [2.05, 4.69) is 39.1 Å². The van der Waals surface area contributed by atoms with Crippen molar-refractivity contribution in [3.8, 4) is 11.4 Å². The lowest BCUT2D eigenvalue weighted by Gasteiger charge is -2.35. The smallest absolute Gasteiger partial charge is 0.326 e. The molecule has 266 valence electrons. The van der Waals surface area contributed by atoms with E-state index in [9.17, 15) is 19.5 Å². The summed E-state index contributed by atoms with van der Waals surface area (Å²) in [7, 11) is 0. The number of rotatable bonds is 10. The second-order valence-electron chi connectivity index (χ2n) is 15.6. The maximum absolute atomic E-state index is 13.8. The van der Waals surface area contributed by atoms with E-state index in [1.54, 1.807) is 6.07 Å². The number of thiophene rings is 1. The Balaban J connectivity index is 1.12. The summed E-state index contributed by atoms with van der Waals surface area (Å²) in [6.07, 6.45) is 18.0. The van der Waals surface area contributed by atoms with Gasteiger partial charge in [-0.3, -0.25) is 9.59 Å². The minimum absolute atomic E-state index is 0.0990. The molecule has 2 fully saturated rings. The fraction of sp³-hybridized carbons (Fsp3) is 0.537. The van der Waals surface area contributed by atoms with E-state index in [0.717, 1.165) is 52.2 Å². The van der Waals surface area contributed by atoms with Gasteiger partial charge < -0.3 is 15.3 Å². The van der Waals surface area contributed by atoms with Crippen molar-refractivity contribution in [2.45, 2.75) is 116 Å². The van der Waals surface area contributed by atoms with Crippen molar-refractivity contribution in [2.24, 2.45) is 17.8 Å². The van der Waals surface area contributed by atoms with Crippen LogP contribution in [0.2, 0.25) is 0 Å². The van der Waals surface area contributed by atoms with Gasteiger partial charge in [0.2, 0.25) is 5.91 Å². The Morgan fingerprint density at radius 2 is 1.66 bits per heavy atom. The van der Waals surface area contributed by atoms with Crippen LogP contribution in [-0.2, 0) is 21.4 Å². The molecule has 1 saturated heterocycles. The highest BCUT2D eigenvalue weighted by atomic mass is 32.1. The number of aliphatic carboxylic acids is 1. The number of likely N-dealkylation sites (tertiary alicyclic amines) is 1. The van der Waals surface area contributed by atoms with Crippen molar-refractivity contribution >= 4 is 34.7 Å². The quantitative estimate of drug-likeness (QED) is 0.221. The second-order valence-corrected chi connectivity index (χ2v) is 16.7. The molecule has 3 atom stereocenters. The van der Waals surface area contributed by atoms with Gasteiger partial charge in [0.15, 0.2) is 5.82 Å². The molecule has 0 bridgehead atoms. The summed E-state index contributed by atoms with van der Waals surface area (Å²) in [4.78, 5) is 51.6. The minimum atomic E-state index is -1.02. The summed E-state index contributed by atoms with van der Waals surface area (Å²) < 4.78 is 0. The summed E-state index contributed by atoms with van der Waals surface area (Å²) in [5.74, 6) is 1.55. The van der Waals surface area contributed by atoms with Crippen LogP contribution < -0.4 is 5.32 Å². The highest BCUT2D eigenvalue weighted by molar-refractivity contribution is 7.14. The lowest BCUT2D eigenvalue weighted by atomic mass is 9.71. The molecular weight excluding hydrogens is 645 g/mol. The molecule has 0 radical (unpaired) electrons. The predicted molar refractivity (Wildman–Crippen MR) is 199 cm³/mol. The van der Waals surface area contributed by atoms with Gasteiger partial charge >= 0.3 is 5.97 Å². The number of carboxylic acid groups (broad SMARTS) is 1. The number of hydrogen-bond acceptors (Lipinski definition) is 6. The standard InChI is InChI=1S/C41H52N4O4S/c1-5-26-8-12-28(13-9-26)29-16-18-30(19-17-29)32-24-42-37(43-25-32)31-14-10-27(11-15-31)23-33(39(47)45-22-6-7-34(45)40(48)49)44-38(46)35-20-21-36(50-35)41(2,3)4/h10-11,14-15,18,20-21,24-26,28-29,33-34H,5-9,12-13,16-17,19,22-23H2,1-4H3,(H,44,46)(H,48,49)/t26?,28?,29?,33-,34-/m0/s1. The normalized spacial score (nSPS) is 23.3. The van der Waals surface area contributed by atoms with E-state index < -0.39 is 18.1 Å². The fourth-order valence-corrected chi connectivity index (χ4v) is 9.03. The van der Waals surface area contributed by atoms with Crippen molar-refractivity contribution in [3.05, 3.63) is 75.7 Å². The van der Waals surface area contributed by atoms with Crippen molar-refractivity contribution in [1.82, 2.24) is 20.2 Å². The molecule has 1 aromatic carbocycles. The number of nitrogens with zero attached hydrogens (tertiary/aromatic N) is 3. The van der Waals surface area contributed by atoms with Crippen molar-refractivity contribution in [1.29, 1.82) is 0 Å².